The van der Waals surface area contributed by atoms with E-state index >= 15 is 0 Å². The van der Waals surface area contributed by atoms with E-state index in [0.29, 0.717) is 22.0 Å². The Bertz CT molecular complexity index is 1050. The van der Waals surface area contributed by atoms with Crippen molar-refractivity contribution < 1.29 is 9.18 Å². The molecule has 5 nitrogen and oxygen atoms in total. The summed E-state index contributed by atoms with van der Waals surface area (Å²) in [4.78, 5) is 24.6. The maximum Gasteiger partial charge on any atom is 0.280 e. The van der Waals surface area contributed by atoms with Gasteiger partial charge in [-0.1, -0.05) is 17.7 Å². The zero-order valence-corrected chi connectivity index (χ0v) is 14.8. The second-order valence-electron chi connectivity index (χ2n) is 5.80. The number of hydrogen-bond acceptors (Lipinski definition) is 3. The van der Waals surface area contributed by atoms with Gasteiger partial charge in [0.2, 0.25) is 5.43 Å². The average Bonchev–Trinajstić information content (AvgIpc) is 2.59. The molecule has 0 saturated carbocycles. The minimum Gasteiger partial charge on any atom is -0.320 e. The highest BCUT2D eigenvalue weighted by atomic mass is 35.5. The first kappa shape index (κ1) is 17.8. The molecule has 0 aliphatic carbocycles. The van der Waals surface area contributed by atoms with Crippen molar-refractivity contribution in [1.82, 2.24) is 9.78 Å². The van der Waals surface area contributed by atoms with Gasteiger partial charge < -0.3 is 5.32 Å². The SMILES string of the molecule is Cc1ccc(NC(=O)c2nn(-c3ccc(Cl)cc3)c(C)cc2=O)cc1F. The first-order valence-corrected chi connectivity index (χ1v) is 8.17. The van der Waals surface area contributed by atoms with Gasteiger partial charge in [0.05, 0.1) is 5.69 Å². The van der Waals surface area contributed by atoms with Gasteiger partial charge in [-0.25, -0.2) is 9.07 Å². The Balaban J connectivity index is 1.97. The fourth-order valence-electron chi connectivity index (χ4n) is 2.41. The Hall–Kier alpha value is -2.99. The molecule has 1 amide bonds. The summed E-state index contributed by atoms with van der Waals surface area (Å²) in [5, 5.41) is 7.22. The van der Waals surface area contributed by atoms with Gasteiger partial charge >= 0.3 is 0 Å². The zero-order valence-electron chi connectivity index (χ0n) is 14.1. The number of carbonyl (C=O) groups excluding carboxylic acids is 1. The van der Waals surface area contributed by atoms with Crippen molar-refractivity contribution in [2.24, 2.45) is 0 Å². The Morgan fingerprint density at radius 1 is 1.12 bits per heavy atom. The lowest BCUT2D eigenvalue weighted by Crippen LogP contribution is -2.26. The molecular weight excluding hydrogens is 357 g/mol. The Morgan fingerprint density at radius 3 is 2.46 bits per heavy atom. The molecule has 2 aromatic carbocycles. The Morgan fingerprint density at radius 2 is 1.81 bits per heavy atom. The van der Waals surface area contributed by atoms with E-state index in [2.05, 4.69) is 10.4 Å². The van der Waals surface area contributed by atoms with Crippen LogP contribution in [0.1, 0.15) is 21.7 Å². The van der Waals surface area contributed by atoms with Gasteiger partial charge in [0.25, 0.3) is 5.91 Å². The van der Waals surface area contributed by atoms with Gasteiger partial charge in [0, 0.05) is 22.5 Å². The molecule has 0 unspecified atom stereocenters. The Kier molecular flexibility index (Phi) is 4.86. The Labute approximate surface area is 154 Å². The molecule has 7 heteroatoms. The minimum absolute atomic E-state index is 0.248. The predicted molar refractivity (Wildman–Crippen MR) is 98.7 cm³/mol. The van der Waals surface area contributed by atoms with Crippen LogP contribution in [0.15, 0.2) is 53.3 Å². The van der Waals surface area contributed by atoms with Gasteiger partial charge in [-0.2, -0.15) is 5.10 Å². The third-order valence-electron chi connectivity index (χ3n) is 3.82. The molecule has 0 spiro atoms. The molecule has 0 atom stereocenters. The minimum atomic E-state index is -0.707. The van der Waals surface area contributed by atoms with Gasteiger partial charge in [-0.05, 0) is 55.8 Å². The highest BCUT2D eigenvalue weighted by Crippen LogP contribution is 2.16. The molecular formula is C19H15ClFN3O2. The molecule has 132 valence electrons. The molecule has 0 fully saturated rings. The van der Waals surface area contributed by atoms with Crippen LogP contribution in [-0.4, -0.2) is 15.7 Å². The van der Waals surface area contributed by atoms with Crippen molar-refractivity contribution in [3.05, 3.63) is 86.5 Å². The summed E-state index contributed by atoms with van der Waals surface area (Å²) in [7, 11) is 0. The number of nitrogens with zero attached hydrogens (tertiary/aromatic N) is 2. The molecule has 1 aromatic heterocycles. The second kappa shape index (κ2) is 7.09. The molecule has 26 heavy (non-hydrogen) atoms. The highest BCUT2D eigenvalue weighted by molar-refractivity contribution is 6.30. The maximum absolute atomic E-state index is 13.6. The normalized spacial score (nSPS) is 10.6. The van der Waals surface area contributed by atoms with E-state index in [1.807, 2.05) is 0 Å². The van der Waals surface area contributed by atoms with Crippen LogP contribution in [0, 0.1) is 19.7 Å². The van der Waals surface area contributed by atoms with Crippen LogP contribution < -0.4 is 10.7 Å². The van der Waals surface area contributed by atoms with Crippen LogP contribution in [0.25, 0.3) is 5.69 Å². The van der Waals surface area contributed by atoms with Crippen molar-refractivity contribution >= 4 is 23.2 Å². The molecule has 1 N–H and O–H groups in total. The summed E-state index contributed by atoms with van der Waals surface area (Å²) in [6.45, 7) is 3.33. The number of rotatable bonds is 3. The number of aryl methyl sites for hydroxylation is 2. The summed E-state index contributed by atoms with van der Waals surface area (Å²) in [5.41, 5.74) is 1.13. The topological polar surface area (TPSA) is 64.0 Å². The largest absolute Gasteiger partial charge is 0.320 e. The number of hydrogen-bond donors (Lipinski definition) is 1. The van der Waals surface area contributed by atoms with E-state index < -0.39 is 17.2 Å². The van der Waals surface area contributed by atoms with Crippen molar-refractivity contribution in [2.45, 2.75) is 13.8 Å². The van der Waals surface area contributed by atoms with Gasteiger partial charge in [0.15, 0.2) is 5.69 Å². The number of carbonyl (C=O) groups is 1. The van der Waals surface area contributed by atoms with Gasteiger partial charge in [-0.3, -0.25) is 9.59 Å². The lowest BCUT2D eigenvalue weighted by atomic mass is 10.2. The van der Waals surface area contributed by atoms with E-state index in [1.165, 1.54) is 16.8 Å². The summed E-state index contributed by atoms with van der Waals surface area (Å²) in [6, 6.07) is 12.4. The van der Waals surface area contributed by atoms with Crippen LogP contribution in [0.2, 0.25) is 5.02 Å². The van der Waals surface area contributed by atoms with E-state index in [-0.39, 0.29) is 11.4 Å². The maximum atomic E-state index is 13.6. The molecule has 0 aliphatic heterocycles. The van der Waals surface area contributed by atoms with Crippen molar-refractivity contribution in [2.75, 3.05) is 5.32 Å². The van der Waals surface area contributed by atoms with E-state index in [1.54, 1.807) is 50.2 Å². The number of anilines is 1. The molecule has 3 rings (SSSR count). The lowest BCUT2D eigenvalue weighted by Gasteiger charge is -2.11. The fourth-order valence-corrected chi connectivity index (χ4v) is 2.54. The van der Waals surface area contributed by atoms with Gasteiger partial charge in [0.1, 0.15) is 5.82 Å². The van der Waals surface area contributed by atoms with Crippen LogP contribution in [0.5, 0.6) is 0 Å². The summed E-state index contributed by atoms with van der Waals surface area (Å²) in [6.07, 6.45) is 0. The van der Waals surface area contributed by atoms with Crippen molar-refractivity contribution in [1.29, 1.82) is 0 Å². The first-order chi connectivity index (χ1) is 12.3. The zero-order chi connectivity index (χ0) is 18.8. The van der Waals surface area contributed by atoms with E-state index in [9.17, 15) is 14.0 Å². The smallest absolute Gasteiger partial charge is 0.280 e. The number of amides is 1. The van der Waals surface area contributed by atoms with Crippen LogP contribution in [0.4, 0.5) is 10.1 Å². The number of benzene rings is 2. The molecule has 3 aromatic rings. The predicted octanol–water partition coefficient (Wildman–Crippen LogP) is 3.89. The summed E-state index contributed by atoms with van der Waals surface area (Å²) >= 11 is 5.89. The highest BCUT2D eigenvalue weighted by Gasteiger charge is 2.16. The quantitative estimate of drug-likeness (QED) is 0.759. The summed E-state index contributed by atoms with van der Waals surface area (Å²) in [5.74, 6) is -1.15. The molecule has 1 heterocycles. The molecule has 0 bridgehead atoms. The third-order valence-corrected chi connectivity index (χ3v) is 4.08. The first-order valence-electron chi connectivity index (χ1n) is 7.79. The molecule has 0 saturated heterocycles. The van der Waals surface area contributed by atoms with Gasteiger partial charge in [-0.15, -0.1) is 0 Å². The van der Waals surface area contributed by atoms with E-state index in [4.69, 9.17) is 11.6 Å². The second-order valence-corrected chi connectivity index (χ2v) is 6.24. The fraction of sp³-hybridized carbons (Fsp3) is 0.105. The number of halogens is 2. The molecule has 0 aliphatic rings. The van der Waals surface area contributed by atoms with Crippen LogP contribution >= 0.6 is 11.6 Å². The monoisotopic (exact) mass is 371 g/mol. The average molecular weight is 372 g/mol. The van der Waals surface area contributed by atoms with Crippen molar-refractivity contribution in [3.63, 3.8) is 0 Å². The standard InChI is InChI=1S/C19H15ClFN3O2/c1-11-3-6-14(10-16(11)21)22-19(26)18-17(25)9-12(2)24(23-18)15-7-4-13(20)5-8-15/h3-10H,1-2H3,(H,22,26). The van der Waals surface area contributed by atoms with Crippen LogP contribution in [-0.2, 0) is 0 Å². The van der Waals surface area contributed by atoms with Crippen molar-refractivity contribution in [3.8, 4) is 5.69 Å². The lowest BCUT2D eigenvalue weighted by molar-refractivity contribution is 0.101. The van der Waals surface area contributed by atoms with E-state index in [0.717, 1.165) is 0 Å². The third kappa shape index (κ3) is 3.65. The summed E-state index contributed by atoms with van der Waals surface area (Å²) < 4.78 is 15.1. The number of aromatic nitrogens is 2. The van der Waals surface area contributed by atoms with Crippen LogP contribution in [0.3, 0.4) is 0 Å². The number of nitrogens with one attached hydrogen (secondary N) is 1. The molecule has 0 radical (unpaired) electrons.